The molecule has 0 aromatic carbocycles. The number of aliphatic hydroxyl groups is 4. The van der Waals surface area contributed by atoms with Gasteiger partial charge >= 0.3 is 0 Å². The molecule has 0 spiro atoms. The molecule has 7 unspecified atom stereocenters. The van der Waals surface area contributed by atoms with Crippen LogP contribution in [0.4, 0.5) is 0 Å². The normalized spacial score (nSPS) is 39.5. The third-order valence-corrected chi connectivity index (χ3v) is 59.1. The summed E-state index contributed by atoms with van der Waals surface area (Å²) in [7, 11) is -8.83. The van der Waals surface area contributed by atoms with Crippen molar-refractivity contribution in [3.8, 4) is 0 Å². The molecule has 15 aliphatic heterocycles. The summed E-state index contributed by atoms with van der Waals surface area (Å²) in [4.78, 5) is 56.7. The van der Waals surface area contributed by atoms with Crippen molar-refractivity contribution >= 4 is 64.7 Å². The molecule has 15 rings (SSSR count). The van der Waals surface area contributed by atoms with Crippen LogP contribution in [0.5, 0.6) is 0 Å². The van der Waals surface area contributed by atoms with Crippen LogP contribution in [-0.4, -0.2) is 302 Å². The lowest BCUT2D eigenvalue weighted by molar-refractivity contribution is -0.266. The van der Waals surface area contributed by atoms with E-state index < -0.39 is 164 Å². The fraction of sp³-hybridized carbons (Fsp3) is 0.873. The Morgan fingerprint density at radius 2 is 0.794 bits per heavy atom. The van der Waals surface area contributed by atoms with Crippen LogP contribution in [-0.2, 0) is 103 Å². The van der Waals surface area contributed by atoms with E-state index in [2.05, 4.69) is 209 Å². The largest absolute Gasteiger partial charge is 0.414 e. The van der Waals surface area contributed by atoms with Crippen LogP contribution in [0.15, 0.2) is 60.8 Å². The predicted molar refractivity (Wildman–Crippen MR) is 560 cm³/mol. The second-order valence-corrected chi connectivity index (χ2v) is 76.2. The highest BCUT2D eigenvalue weighted by Gasteiger charge is 2.62. The van der Waals surface area contributed by atoms with E-state index in [4.69, 9.17) is 83.7 Å². The minimum atomic E-state index is -2.60. The Bertz CT molecular complexity index is 4250. The summed E-state index contributed by atoms with van der Waals surface area (Å²) in [6, 6.07) is 0. The van der Waals surface area contributed by atoms with E-state index in [0.29, 0.717) is 77.2 Å². The third-order valence-electron chi connectivity index (χ3n) is 36.6. The summed E-state index contributed by atoms with van der Waals surface area (Å²) in [6.07, 6.45) is 1.39. The summed E-state index contributed by atoms with van der Waals surface area (Å²) in [5.74, 6) is -0.158. The van der Waals surface area contributed by atoms with Crippen LogP contribution < -0.4 is 0 Å². The lowest BCUT2D eigenvalue weighted by atomic mass is 9.81. The maximum absolute atomic E-state index is 15.4. The van der Waals surface area contributed by atoms with Gasteiger partial charge in [0.25, 0.3) is 0 Å². The van der Waals surface area contributed by atoms with Crippen LogP contribution >= 0.6 is 0 Å². The fourth-order valence-corrected chi connectivity index (χ4v) is 28.8. The molecule has 26 nitrogen and oxygen atoms in total. The first-order chi connectivity index (χ1) is 65.4. The molecule has 0 aromatic rings. The van der Waals surface area contributed by atoms with Crippen molar-refractivity contribution in [1.82, 2.24) is 0 Å². The predicted octanol–water partition coefficient (Wildman–Crippen LogP) is 19.4. The topological polar surface area (TPSA) is 315 Å². The van der Waals surface area contributed by atoms with Gasteiger partial charge in [0.15, 0.2) is 47.4 Å². The zero-order valence-electron chi connectivity index (χ0n) is 92.1. The maximum atomic E-state index is 15.4. The number of ketones is 4. The van der Waals surface area contributed by atoms with Crippen molar-refractivity contribution in [3.05, 3.63) is 60.8 Å². The first-order valence-electron chi connectivity index (χ1n) is 54.1. The van der Waals surface area contributed by atoms with Crippen LogP contribution in [0.1, 0.15) is 278 Å². The highest BCUT2D eigenvalue weighted by atomic mass is 28.4. The van der Waals surface area contributed by atoms with Crippen molar-refractivity contribution in [2.24, 2.45) is 23.7 Å². The molecule has 31 heteroatoms. The van der Waals surface area contributed by atoms with Gasteiger partial charge in [0.1, 0.15) is 72.3 Å². The van der Waals surface area contributed by atoms with E-state index >= 15 is 4.79 Å². The number of Topliss-reactive ketones (excluding diaryl/α,β-unsaturated/α-hetero) is 3. The number of aliphatic hydroxyl groups excluding tert-OH is 4. The number of allylic oxidation sites excluding steroid dienone is 1. The Morgan fingerprint density at radius 3 is 1.26 bits per heavy atom. The molecular formula is C110H190O26Si5. The molecule has 4 N–H and O–H groups in total. The molecular weight excluding hydrogens is 1880 g/mol. The summed E-state index contributed by atoms with van der Waals surface area (Å²) < 4.78 is 125. The molecule has 16 bridgehead atoms. The summed E-state index contributed by atoms with van der Waals surface area (Å²) in [5.41, 5.74) is 4.12. The molecule has 12 fully saturated rings. The number of hydrogen-bond acceptors (Lipinski definition) is 26. The molecule has 12 saturated heterocycles. The molecule has 0 aromatic heterocycles. The standard InChI is InChI=1S/C70H130O13Si5.C40H60O13/c1-45-38-51-33-36-55-46(2)39-50(75-55)32-30-48(71)31-35-57(81-86(24,25)68(10,11)12)63-65(83-88(28,29)70(16,17)18)64(82-87(26,27)69(13,14)15)62-56(79-63)37-34-52(77-62)40-49(72)41-54-59(43-58(76-51)47(45)3)78-60(61(54)73-19)42-53(80-85(22,23)67(7,8)9)44-74-84(20,21)66(4,5)6;1-19-11-26-7-9-29-20(2)12-25(48-29)6-5-22(42)15-33-35(45)39-40(53-33)36(46)38-30(52-39)10-8-27(50-38)13-23(43)14-28-32(17-31(49-26)21(19)3)51-34(37(28)47-4)16-24(44)18-41/h31,35,45,50-65H,2-3,30,32-34,36-44H2,1,4-29H3;19,24-41,44-46H,2-3,5-18H2,1,4H3/b35-31+;/t45-,50+,51+,52?,53+,54+,55?,56+,57+,58?,59+,60-,61-,62+,63+,64+,65-;19-,24+,25+,26+,27?,28+,29?,30+,31?,32+,33?,34-,35+,36+,37-,38+,39+,40+/m11/s1. The average molecular weight is 2070 g/mol. The van der Waals surface area contributed by atoms with Gasteiger partial charge < -0.3 is 104 Å². The first kappa shape index (κ1) is 117. The van der Waals surface area contributed by atoms with Gasteiger partial charge in [-0.1, -0.05) is 150 Å². The lowest BCUT2D eigenvalue weighted by Gasteiger charge is -2.56. The van der Waals surface area contributed by atoms with Crippen LogP contribution in [0.3, 0.4) is 0 Å². The van der Waals surface area contributed by atoms with E-state index in [-0.39, 0.29) is 190 Å². The second kappa shape index (κ2) is 47.0. The maximum Gasteiger partial charge on any atom is 0.193 e. The Kier molecular flexibility index (Phi) is 39.1. The average Bonchev–Trinajstić information content (AvgIpc) is 1.70. The molecule has 0 radical (unpaired) electrons. The van der Waals surface area contributed by atoms with E-state index in [1.807, 2.05) is 6.08 Å². The van der Waals surface area contributed by atoms with E-state index in [9.17, 15) is 34.8 Å². The second-order valence-electron chi connectivity index (χ2n) is 52.4. The number of ether oxygens (including phenoxy) is 13. The third kappa shape index (κ3) is 28.6. The van der Waals surface area contributed by atoms with E-state index in [0.717, 1.165) is 67.2 Å². The van der Waals surface area contributed by atoms with Crippen molar-refractivity contribution < 1.29 is 123 Å². The van der Waals surface area contributed by atoms with Crippen molar-refractivity contribution in [1.29, 1.82) is 0 Å². The number of methoxy groups -OCH3 is 2. The van der Waals surface area contributed by atoms with E-state index in [1.165, 1.54) is 0 Å². The number of rotatable bonds is 18. The Labute approximate surface area is 852 Å². The van der Waals surface area contributed by atoms with Crippen LogP contribution in [0.25, 0.3) is 0 Å². The van der Waals surface area contributed by atoms with Crippen LogP contribution in [0.2, 0.25) is 90.7 Å². The number of carbonyl (C=O) groups excluding carboxylic acids is 4. The minimum absolute atomic E-state index is 0.00643. The Morgan fingerprint density at radius 1 is 0.390 bits per heavy atom. The fourth-order valence-electron chi connectivity index (χ4n) is 22.6. The molecule has 806 valence electrons. The summed E-state index contributed by atoms with van der Waals surface area (Å²) in [6.45, 7) is 79.3. The molecule has 0 aliphatic carbocycles. The van der Waals surface area contributed by atoms with Gasteiger partial charge in [-0.3, -0.25) is 19.2 Å². The molecule has 15 heterocycles. The molecule has 141 heavy (non-hydrogen) atoms. The van der Waals surface area contributed by atoms with Crippen molar-refractivity contribution in [2.75, 3.05) is 27.4 Å². The molecule has 35 atom stereocenters. The lowest BCUT2D eigenvalue weighted by Crippen LogP contribution is -2.69. The van der Waals surface area contributed by atoms with Crippen LogP contribution in [0, 0.1) is 23.7 Å². The zero-order chi connectivity index (χ0) is 104. The molecule has 0 amide bonds. The number of hydrogen-bond donors (Lipinski definition) is 4. The minimum Gasteiger partial charge on any atom is -0.414 e. The number of fused-ring (bicyclic) bond motifs is 9. The van der Waals surface area contributed by atoms with Gasteiger partial charge in [-0.05, 0) is 221 Å². The Hall–Kier alpha value is -2.42. The van der Waals surface area contributed by atoms with Gasteiger partial charge in [-0.2, -0.15) is 0 Å². The highest BCUT2D eigenvalue weighted by molar-refractivity contribution is 6.76. The Balaban J connectivity index is 0.000000284. The SMILES string of the molecule is C=C1C[C@@H]2CCC(=O)/C=C/[C@H](O[Si](C)(C)C(C)(C)C)[C@@H]3O[C@H]4CCC(CC(=O)C[C@@H]5[C@@H](OC)[C@@H](C[C@@H](CO[Si](C)(C)C(C)(C)C)O[Si](C)(C)C(C)(C)C)O[C@H]5CC5O[C@@H](CCC1O2)C[C@@H](C)C5=C)O[C@@H]4[C@H](O[Si](C)(C)C(C)(C)C)[C@@H]3O[Si](C)(C)C(C)(C)C.C=C1C[C@@H]2CCC(=O)CC3O[C@H]4[C@@H](O)[C@H]5OC(CC[C@@H]5O[C@H]4[C@H]3O)CC(=O)C[C@@H]3[C@@H](OC)[C@@H](C[C@H](O)CO)O[C@H]3CC3O[C@@H](CCC1O2)C[C@@H](C)C3=C. The molecule has 15 aliphatic rings. The quantitative estimate of drug-likeness (QED) is 0.0732. The highest BCUT2D eigenvalue weighted by Crippen LogP contribution is 2.53. The van der Waals surface area contributed by atoms with Crippen molar-refractivity contribution in [3.63, 3.8) is 0 Å². The van der Waals surface area contributed by atoms with Gasteiger partial charge in [0.2, 0.25) is 0 Å². The van der Waals surface area contributed by atoms with Gasteiger partial charge in [-0.15, -0.1) is 0 Å². The summed E-state index contributed by atoms with van der Waals surface area (Å²) >= 11 is 0. The summed E-state index contributed by atoms with van der Waals surface area (Å²) in [5, 5.41) is 42.1. The van der Waals surface area contributed by atoms with Gasteiger partial charge in [-0.25, -0.2) is 0 Å². The van der Waals surface area contributed by atoms with E-state index in [1.54, 1.807) is 20.3 Å². The zero-order valence-corrected chi connectivity index (χ0v) is 97.1. The number of carbonyl (C=O) groups is 4. The monoisotopic (exact) mass is 2070 g/mol. The van der Waals surface area contributed by atoms with Crippen molar-refractivity contribution in [2.45, 2.75) is 558 Å². The van der Waals surface area contributed by atoms with Gasteiger partial charge in [0.05, 0.1) is 148 Å². The molecule has 0 saturated carbocycles. The first-order valence-corrected chi connectivity index (χ1v) is 68.7. The van der Waals surface area contributed by atoms with Gasteiger partial charge in [0, 0.05) is 96.7 Å². The smallest absolute Gasteiger partial charge is 0.193 e.